The number of aryl methyl sites for hydroxylation is 1. The molecular weight excluding hydrogens is 429 g/mol. The third kappa shape index (κ3) is 5.90. The minimum Gasteiger partial charge on any atom is -0.479 e. The van der Waals surface area contributed by atoms with Gasteiger partial charge in [0, 0.05) is 58.2 Å². The molecule has 0 atom stereocenters. The highest BCUT2D eigenvalue weighted by atomic mass is 19.4. The molecule has 32 heavy (non-hydrogen) atoms. The van der Waals surface area contributed by atoms with Crippen molar-refractivity contribution in [1.82, 2.24) is 24.9 Å². The van der Waals surface area contributed by atoms with Crippen LogP contribution in [0.3, 0.4) is 0 Å². The highest BCUT2D eigenvalue weighted by molar-refractivity contribution is 5.96. The van der Waals surface area contributed by atoms with Crippen molar-refractivity contribution in [1.29, 1.82) is 0 Å². The van der Waals surface area contributed by atoms with Crippen LogP contribution >= 0.6 is 0 Å². The van der Waals surface area contributed by atoms with Crippen LogP contribution in [-0.2, 0) is 13.2 Å². The van der Waals surface area contributed by atoms with E-state index in [4.69, 9.17) is 4.74 Å². The first-order valence-corrected chi connectivity index (χ1v) is 9.98. The van der Waals surface area contributed by atoms with Gasteiger partial charge in [-0.3, -0.25) is 14.4 Å². The summed E-state index contributed by atoms with van der Waals surface area (Å²) in [6.07, 6.45) is -2.79. The van der Waals surface area contributed by atoms with Gasteiger partial charge in [0.1, 0.15) is 5.56 Å². The smallest absolute Gasteiger partial charge is 0.416 e. The van der Waals surface area contributed by atoms with Crippen LogP contribution in [0.15, 0.2) is 30.5 Å². The van der Waals surface area contributed by atoms with Crippen LogP contribution in [0.25, 0.3) is 0 Å². The number of hydrogen-bond donors (Lipinski definition) is 2. The molecule has 0 aliphatic carbocycles. The largest absolute Gasteiger partial charge is 0.479 e. The lowest BCUT2D eigenvalue weighted by Gasteiger charge is -2.34. The zero-order valence-corrected chi connectivity index (χ0v) is 17.8. The number of methoxy groups -OCH3 is 1. The molecule has 1 aliphatic heterocycles. The molecule has 1 saturated heterocycles. The molecule has 0 unspecified atom stereocenters. The molecule has 0 spiro atoms. The number of rotatable bonds is 6. The number of benzene rings is 1. The van der Waals surface area contributed by atoms with Gasteiger partial charge >= 0.3 is 12.2 Å². The van der Waals surface area contributed by atoms with E-state index in [0.717, 1.165) is 12.1 Å². The van der Waals surface area contributed by atoms with Gasteiger partial charge in [0.05, 0.1) is 12.7 Å². The van der Waals surface area contributed by atoms with Crippen molar-refractivity contribution in [3.8, 4) is 5.88 Å². The van der Waals surface area contributed by atoms with Crippen molar-refractivity contribution >= 4 is 17.6 Å². The predicted molar refractivity (Wildman–Crippen MR) is 111 cm³/mol. The Morgan fingerprint density at radius 2 is 1.78 bits per heavy atom. The van der Waals surface area contributed by atoms with Crippen LogP contribution < -0.4 is 15.4 Å². The maximum absolute atomic E-state index is 12.7. The number of hydrogen-bond acceptors (Lipinski definition) is 5. The molecule has 0 saturated carbocycles. The molecule has 2 aromatic rings. The first-order valence-electron chi connectivity index (χ1n) is 9.98. The first kappa shape index (κ1) is 23.4. The summed E-state index contributed by atoms with van der Waals surface area (Å²) in [5.74, 6) is 0.159. The Hall–Kier alpha value is -3.28. The second-order valence-corrected chi connectivity index (χ2v) is 7.32. The first-order chi connectivity index (χ1) is 15.2. The fourth-order valence-electron chi connectivity index (χ4n) is 3.36. The van der Waals surface area contributed by atoms with Gasteiger partial charge in [-0.05, 0) is 24.3 Å². The average molecular weight is 454 g/mol. The van der Waals surface area contributed by atoms with Crippen molar-refractivity contribution in [2.24, 2.45) is 7.05 Å². The third-order valence-corrected chi connectivity index (χ3v) is 5.06. The molecular formula is C20H25F3N6O3. The maximum atomic E-state index is 12.7. The molecule has 1 aromatic carbocycles. The number of nitrogens with one attached hydrogen (secondary N) is 2. The van der Waals surface area contributed by atoms with E-state index in [1.807, 2.05) is 0 Å². The Kier molecular flexibility index (Phi) is 7.23. The third-order valence-electron chi connectivity index (χ3n) is 5.06. The summed E-state index contributed by atoms with van der Waals surface area (Å²) in [6, 6.07) is 3.74. The number of piperazine rings is 1. The molecule has 12 heteroatoms. The summed E-state index contributed by atoms with van der Waals surface area (Å²) in [5, 5.41) is 9.28. The highest BCUT2D eigenvalue weighted by Crippen LogP contribution is 2.29. The number of ether oxygens (including phenoxy) is 1. The van der Waals surface area contributed by atoms with E-state index in [0.29, 0.717) is 50.7 Å². The van der Waals surface area contributed by atoms with Gasteiger partial charge in [0.15, 0.2) is 0 Å². The topological polar surface area (TPSA) is 91.7 Å². The Balaban J connectivity index is 1.38. The van der Waals surface area contributed by atoms with Gasteiger partial charge in [-0.1, -0.05) is 0 Å². The van der Waals surface area contributed by atoms with Crippen molar-refractivity contribution in [2.75, 3.05) is 51.7 Å². The van der Waals surface area contributed by atoms with Gasteiger partial charge in [-0.25, -0.2) is 4.79 Å². The minimum absolute atomic E-state index is 0.136. The van der Waals surface area contributed by atoms with E-state index in [-0.39, 0.29) is 11.6 Å². The van der Waals surface area contributed by atoms with E-state index in [1.165, 1.54) is 23.9 Å². The summed E-state index contributed by atoms with van der Waals surface area (Å²) < 4.78 is 44.4. The van der Waals surface area contributed by atoms with Crippen molar-refractivity contribution in [3.63, 3.8) is 0 Å². The number of urea groups is 1. The number of amides is 3. The zero-order valence-electron chi connectivity index (χ0n) is 17.8. The second-order valence-electron chi connectivity index (χ2n) is 7.32. The molecule has 2 N–H and O–H groups in total. The van der Waals surface area contributed by atoms with E-state index < -0.39 is 17.8 Å². The van der Waals surface area contributed by atoms with Crippen molar-refractivity contribution < 1.29 is 27.5 Å². The number of nitrogens with zero attached hydrogens (tertiary/aromatic N) is 4. The minimum atomic E-state index is -4.42. The quantitative estimate of drug-likeness (QED) is 0.697. The molecule has 9 nitrogen and oxygen atoms in total. The van der Waals surface area contributed by atoms with Crippen molar-refractivity contribution in [2.45, 2.75) is 6.18 Å². The Morgan fingerprint density at radius 3 is 2.38 bits per heavy atom. The number of carbonyl (C=O) groups is 2. The lowest BCUT2D eigenvalue weighted by Crippen LogP contribution is -2.50. The molecule has 1 aromatic heterocycles. The second kappa shape index (κ2) is 9.90. The van der Waals surface area contributed by atoms with E-state index in [2.05, 4.69) is 20.6 Å². The fourth-order valence-corrected chi connectivity index (χ4v) is 3.36. The zero-order chi connectivity index (χ0) is 23.3. The van der Waals surface area contributed by atoms with Crippen LogP contribution in [0, 0.1) is 0 Å². The normalized spacial score (nSPS) is 14.8. The number of alkyl halides is 3. The predicted octanol–water partition coefficient (Wildman–Crippen LogP) is 2.03. The van der Waals surface area contributed by atoms with Gasteiger partial charge in [-0.15, -0.1) is 5.10 Å². The molecule has 3 amide bonds. The van der Waals surface area contributed by atoms with E-state index in [9.17, 15) is 22.8 Å². The van der Waals surface area contributed by atoms with Gasteiger partial charge in [-0.2, -0.15) is 13.2 Å². The summed E-state index contributed by atoms with van der Waals surface area (Å²) in [6.45, 7) is 3.31. The fraction of sp³-hybridized carbons (Fsp3) is 0.450. The lowest BCUT2D eigenvalue weighted by molar-refractivity contribution is -0.137. The number of aromatic nitrogens is 2. The van der Waals surface area contributed by atoms with Gasteiger partial charge in [0.25, 0.3) is 5.91 Å². The number of halogens is 3. The summed E-state index contributed by atoms with van der Waals surface area (Å²) in [5.41, 5.74) is -0.0819. The SMILES string of the molecule is COc1nn(C)cc1C(=O)N1CCN(CCNC(=O)Nc2ccc(C(F)(F)F)cc2)CC1. The Morgan fingerprint density at radius 1 is 1.12 bits per heavy atom. The average Bonchev–Trinajstić information content (AvgIpc) is 3.14. The van der Waals surface area contributed by atoms with E-state index in [1.54, 1.807) is 18.1 Å². The van der Waals surface area contributed by atoms with Crippen LogP contribution in [0.5, 0.6) is 5.88 Å². The Bertz CT molecular complexity index is 937. The van der Waals surface area contributed by atoms with Crippen LogP contribution in [0.2, 0.25) is 0 Å². The molecule has 174 valence electrons. The molecule has 1 fully saturated rings. The Labute approximate surface area is 183 Å². The lowest BCUT2D eigenvalue weighted by atomic mass is 10.2. The molecule has 2 heterocycles. The highest BCUT2D eigenvalue weighted by Gasteiger charge is 2.30. The summed E-state index contributed by atoms with van der Waals surface area (Å²) in [4.78, 5) is 28.5. The maximum Gasteiger partial charge on any atom is 0.416 e. The summed E-state index contributed by atoms with van der Waals surface area (Å²) >= 11 is 0. The van der Waals surface area contributed by atoms with Gasteiger partial charge in [0.2, 0.25) is 5.88 Å². The van der Waals surface area contributed by atoms with E-state index >= 15 is 0 Å². The monoisotopic (exact) mass is 454 g/mol. The van der Waals surface area contributed by atoms with Crippen LogP contribution in [0.4, 0.5) is 23.7 Å². The van der Waals surface area contributed by atoms with Crippen molar-refractivity contribution in [3.05, 3.63) is 41.6 Å². The van der Waals surface area contributed by atoms with Crippen LogP contribution in [0.1, 0.15) is 15.9 Å². The van der Waals surface area contributed by atoms with Crippen LogP contribution in [-0.4, -0.2) is 77.9 Å². The summed E-state index contributed by atoms with van der Waals surface area (Å²) in [7, 11) is 3.19. The molecule has 0 bridgehead atoms. The molecule has 1 aliphatic rings. The standard InChI is InChI=1S/C20H25F3N6O3/c1-27-13-16(17(26-27)32-2)18(30)29-11-9-28(10-12-29)8-7-24-19(31)25-15-5-3-14(4-6-15)20(21,22)23/h3-6,13H,7-12H2,1-2H3,(H2,24,25,31). The number of anilines is 1. The molecule has 0 radical (unpaired) electrons. The number of carbonyl (C=O) groups excluding carboxylic acids is 2. The molecule has 3 rings (SSSR count). The van der Waals surface area contributed by atoms with Gasteiger partial charge < -0.3 is 20.3 Å².